The van der Waals surface area contributed by atoms with Crippen molar-refractivity contribution in [3.05, 3.63) is 107 Å². The van der Waals surface area contributed by atoms with Crippen LogP contribution >= 0.6 is 0 Å². The summed E-state index contributed by atoms with van der Waals surface area (Å²) in [6.07, 6.45) is 1.57. The summed E-state index contributed by atoms with van der Waals surface area (Å²) in [5.41, 5.74) is 2.14. The first-order valence-corrected chi connectivity index (χ1v) is 9.70. The monoisotopic (exact) mass is 414 g/mol. The van der Waals surface area contributed by atoms with E-state index in [2.05, 4.69) is 10.6 Å². The number of benzene rings is 3. The Kier molecular flexibility index (Phi) is 7.32. The fourth-order valence-corrected chi connectivity index (χ4v) is 2.78. The highest BCUT2D eigenvalue weighted by Gasteiger charge is 2.14. The Bertz CT molecular complexity index is 1080. The quantitative estimate of drug-likeness (QED) is 0.351. The summed E-state index contributed by atoms with van der Waals surface area (Å²) < 4.78 is 5.02. The summed E-state index contributed by atoms with van der Waals surface area (Å²) in [5.74, 6) is -0.831. The summed E-state index contributed by atoms with van der Waals surface area (Å²) in [7, 11) is 0. The number of ether oxygens (including phenoxy) is 1. The first-order chi connectivity index (χ1) is 15.0. The third-order valence-electron chi connectivity index (χ3n) is 4.28. The molecule has 2 amide bonds. The molecule has 0 aliphatic rings. The van der Waals surface area contributed by atoms with Crippen LogP contribution in [-0.2, 0) is 16.1 Å². The van der Waals surface area contributed by atoms with E-state index in [1.807, 2.05) is 36.4 Å². The molecule has 6 heteroatoms. The number of hydrogen-bond donors (Lipinski definition) is 2. The highest BCUT2D eigenvalue weighted by molar-refractivity contribution is 6.05. The van der Waals surface area contributed by atoms with E-state index in [1.165, 1.54) is 6.92 Å². The zero-order valence-corrected chi connectivity index (χ0v) is 17.0. The molecule has 0 saturated carbocycles. The van der Waals surface area contributed by atoms with Gasteiger partial charge in [-0.15, -0.1) is 0 Å². The molecule has 3 rings (SSSR count). The van der Waals surface area contributed by atoms with Gasteiger partial charge in [-0.25, -0.2) is 0 Å². The van der Waals surface area contributed by atoms with Crippen molar-refractivity contribution in [2.45, 2.75) is 13.5 Å². The number of hydrogen-bond acceptors (Lipinski definition) is 4. The molecule has 0 spiro atoms. The van der Waals surface area contributed by atoms with Gasteiger partial charge >= 0.3 is 5.97 Å². The minimum atomic E-state index is -0.419. The van der Waals surface area contributed by atoms with Crippen molar-refractivity contribution in [3.8, 4) is 5.75 Å². The molecule has 0 aromatic heterocycles. The highest BCUT2D eigenvalue weighted by Crippen LogP contribution is 2.15. The molecule has 3 aromatic rings. The zero-order valence-electron chi connectivity index (χ0n) is 17.0. The first-order valence-electron chi connectivity index (χ1n) is 9.70. The summed E-state index contributed by atoms with van der Waals surface area (Å²) in [6.45, 7) is 1.64. The van der Waals surface area contributed by atoms with Crippen LogP contribution in [0.4, 0.5) is 0 Å². The van der Waals surface area contributed by atoms with Crippen molar-refractivity contribution in [1.29, 1.82) is 0 Å². The molecule has 0 fully saturated rings. The fourth-order valence-electron chi connectivity index (χ4n) is 2.78. The van der Waals surface area contributed by atoms with Gasteiger partial charge in [-0.3, -0.25) is 14.4 Å². The highest BCUT2D eigenvalue weighted by atomic mass is 16.5. The average molecular weight is 414 g/mol. The summed E-state index contributed by atoms with van der Waals surface area (Å²) in [6, 6.07) is 24.8. The minimum absolute atomic E-state index is 0.102. The van der Waals surface area contributed by atoms with E-state index >= 15 is 0 Å². The standard InChI is InChI=1S/C25H22N2O4/c1-18(28)31-22-14-12-19(13-15-22)16-23(27-24(29)21-10-6-3-7-11-21)25(30)26-17-20-8-4-2-5-9-20/h2-16H,17H2,1H3,(H,26,30)(H,27,29)/b23-16-. The van der Waals surface area contributed by atoms with E-state index in [9.17, 15) is 14.4 Å². The van der Waals surface area contributed by atoms with Gasteiger partial charge in [-0.2, -0.15) is 0 Å². The van der Waals surface area contributed by atoms with E-state index in [0.717, 1.165) is 5.56 Å². The van der Waals surface area contributed by atoms with E-state index in [1.54, 1.807) is 54.6 Å². The second-order valence-corrected chi connectivity index (χ2v) is 6.71. The largest absolute Gasteiger partial charge is 0.427 e. The molecule has 6 nitrogen and oxygen atoms in total. The topological polar surface area (TPSA) is 84.5 Å². The van der Waals surface area contributed by atoms with Crippen LogP contribution < -0.4 is 15.4 Å². The van der Waals surface area contributed by atoms with Gasteiger partial charge in [-0.05, 0) is 41.5 Å². The van der Waals surface area contributed by atoms with Crippen LogP contribution in [0.15, 0.2) is 90.6 Å². The van der Waals surface area contributed by atoms with Crippen molar-refractivity contribution in [2.24, 2.45) is 0 Å². The number of amides is 2. The molecule has 0 atom stereocenters. The van der Waals surface area contributed by atoms with Gasteiger partial charge in [0.05, 0.1) is 0 Å². The molecule has 156 valence electrons. The SMILES string of the molecule is CC(=O)Oc1ccc(/C=C(\NC(=O)c2ccccc2)C(=O)NCc2ccccc2)cc1. The summed E-state index contributed by atoms with van der Waals surface area (Å²) >= 11 is 0. The van der Waals surface area contributed by atoms with Gasteiger partial charge in [-0.1, -0.05) is 60.7 Å². The number of nitrogens with one attached hydrogen (secondary N) is 2. The Morgan fingerprint density at radius 1 is 0.839 bits per heavy atom. The molecule has 0 bridgehead atoms. The maximum atomic E-state index is 12.8. The van der Waals surface area contributed by atoms with Crippen LogP contribution in [0.1, 0.15) is 28.4 Å². The lowest BCUT2D eigenvalue weighted by molar-refractivity contribution is -0.131. The molecule has 3 aromatic carbocycles. The number of rotatable bonds is 7. The molecule has 0 radical (unpaired) electrons. The summed E-state index contributed by atoms with van der Waals surface area (Å²) in [5, 5.41) is 5.51. The van der Waals surface area contributed by atoms with E-state index in [-0.39, 0.29) is 5.70 Å². The van der Waals surface area contributed by atoms with Crippen LogP contribution in [0.2, 0.25) is 0 Å². The first kappa shape index (κ1) is 21.5. The average Bonchev–Trinajstić information content (AvgIpc) is 2.79. The third kappa shape index (κ3) is 6.68. The lowest BCUT2D eigenvalue weighted by atomic mass is 10.1. The molecule has 0 heterocycles. The number of carbonyl (C=O) groups is 3. The Balaban J connectivity index is 1.80. The van der Waals surface area contributed by atoms with Crippen molar-refractivity contribution >= 4 is 23.9 Å². The smallest absolute Gasteiger partial charge is 0.308 e. The van der Waals surface area contributed by atoms with Crippen LogP contribution in [0, 0.1) is 0 Å². The van der Waals surface area contributed by atoms with Crippen molar-refractivity contribution in [1.82, 2.24) is 10.6 Å². The van der Waals surface area contributed by atoms with Gasteiger partial charge in [0, 0.05) is 19.0 Å². The summed E-state index contributed by atoms with van der Waals surface area (Å²) in [4.78, 5) is 36.5. The molecule has 0 saturated heterocycles. The predicted molar refractivity (Wildman–Crippen MR) is 118 cm³/mol. The lowest BCUT2D eigenvalue weighted by Gasteiger charge is -2.12. The maximum Gasteiger partial charge on any atom is 0.308 e. The van der Waals surface area contributed by atoms with Crippen LogP contribution in [-0.4, -0.2) is 17.8 Å². The second-order valence-electron chi connectivity index (χ2n) is 6.71. The third-order valence-corrected chi connectivity index (χ3v) is 4.28. The number of esters is 1. The van der Waals surface area contributed by atoms with Crippen molar-refractivity contribution in [3.63, 3.8) is 0 Å². The van der Waals surface area contributed by atoms with Crippen LogP contribution in [0.5, 0.6) is 5.75 Å². The molecule has 0 aliphatic carbocycles. The maximum absolute atomic E-state index is 12.8. The van der Waals surface area contributed by atoms with E-state index < -0.39 is 17.8 Å². The molecule has 0 aliphatic heterocycles. The molecular formula is C25H22N2O4. The van der Waals surface area contributed by atoms with E-state index in [0.29, 0.717) is 23.4 Å². The molecule has 31 heavy (non-hydrogen) atoms. The lowest BCUT2D eigenvalue weighted by Crippen LogP contribution is -2.34. The predicted octanol–water partition coefficient (Wildman–Crippen LogP) is 3.70. The Morgan fingerprint density at radius 2 is 1.45 bits per heavy atom. The molecule has 0 unspecified atom stereocenters. The van der Waals surface area contributed by atoms with Gasteiger partial charge in [0.2, 0.25) is 0 Å². The van der Waals surface area contributed by atoms with Gasteiger partial charge in [0.15, 0.2) is 0 Å². The van der Waals surface area contributed by atoms with Gasteiger partial charge < -0.3 is 15.4 Å². The zero-order chi connectivity index (χ0) is 22.1. The van der Waals surface area contributed by atoms with Crippen LogP contribution in [0.25, 0.3) is 6.08 Å². The van der Waals surface area contributed by atoms with Gasteiger partial charge in [0.1, 0.15) is 11.4 Å². The minimum Gasteiger partial charge on any atom is -0.427 e. The normalized spacial score (nSPS) is 10.8. The van der Waals surface area contributed by atoms with E-state index in [4.69, 9.17) is 4.74 Å². The second kappa shape index (κ2) is 10.5. The molecular weight excluding hydrogens is 392 g/mol. The number of carbonyl (C=O) groups excluding carboxylic acids is 3. The Hall–Kier alpha value is -4.19. The van der Waals surface area contributed by atoms with Crippen LogP contribution in [0.3, 0.4) is 0 Å². The Labute approximate surface area is 180 Å². The van der Waals surface area contributed by atoms with Crippen molar-refractivity contribution in [2.75, 3.05) is 0 Å². The Morgan fingerprint density at radius 3 is 2.06 bits per heavy atom. The van der Waals surface area contributed by atoms with Gasteiger partial charge in [0.25, 0.3) is 11.8 Å². The fraction of sp³-hybridized carbons (Fsp3) is 0.0800. The molecule has 2 N–H and O–H groups in total. The van der Waals surface area contributed by atoms with Crippen molar-refractivity contribution < 1.29 is 19.1 Å².